The monoisotopic (exact) mass is 504 g/mol. The Hall–Kier alpha value is -2.34. The number of nitrogens with one attached hydrogen (secondary N) is 1. The predicted octanol–water partition coefficient (Wildman–Crippen LogP) is 2.92. The Morgan fingerprint density at radius 2 is 1.82 bits per heavy atom. The van der Waals surface area contributed by atoms with Crippen LogP contribution in [0.1, 0.15) is 32.3 Å². The molecule has 2 amide bonds. The van der Waals surface area contributed by atoms with Crippen LogP contribution in [-0.4, -0.2) is 47.7 Å². The summed E-state index contributed by atoms with van der Waals surface area (Å²) >= 11 is 0. The number of carbonyl (C=O) groups excluding carboxylic acids is 3. The Kier molecular flexibility index (Phi) is 10.6. The average Bonchev–Trinajstić information content (AvgIpc) is 3.39. The van der Waals surface area contributed by atoms with Gasteiger partial charge in [-0.15, -0.1) is 0 Å². The van der Waals surface area contributed by atoms with Crippen LogP contribution in [-0.2, 0) is 20.8 Å². The van der Waals surface area contributed by atoms with Crippen LogP contribution in [0.4, 0.5) is 13.2 Å². The number of rotatable bonds is 6. The second kappa shape index (κ2) is 12.2. The van der Waals surface area contributed by atoms with Crippen molar-refractivity contribution < 1.29 is 27.6 Å². The lowest BCUT2D eigenvalue weighted by Crippen LogP contribution is -2.48. The number of likely N-dealkylation sites (tertiary alicyclic amines) is 1. The number of azo groups is 1. The van der Waals surface area contributed by atoms with Crippen LogP contribution in [0.5, 0.6) is 0 Å². The van der Waals surface area contributed by atoms with Gasteiger partial charge in [0, 0.05) is 24.9 Å². The standard InChI is InChI=1S/C21H23F3N4O3.2H2S/c1-3-16(17-4-6-25-27-17)26-20(30)21(31)28-7-5-13(11(28)2)18(29)10-12-8-14(22)19(24)15(23)9-12;;/h4,8-9,11,13,16H,3,5-7,10H2,1-2H3,(H,26,30);2*1H2/t11-,13-,16+;;/m0../s1. The average molecular weight is 505 g/mol. The van der Waals surface area contributed by atoms with Crippen LogP contribution in [0.25, 0.3) is 0 Å². The highest BCUT2D eigenvalue weighted by Gasteiger charge is 2.40. The van der Waals surface area contributed by atoms with Crippen molar-refractivity contribution in [2.75, 3.05) is 13.1 Å². The number of halogens is 3. The molecule has 0 unspecified atom stereocenters. The largest absolute Gasteiger partial charge is 0.339 e. The third-order valence-corrected chi connectivity index (χ3v) is 5.68. The zero-order chi connectivity index (χ0) is 22.7. The predicted molar refractivity (Wildman–Crippen MR) is 125 cm³/mol. The molecule has 1 N–H and O–H groups in total. The minimum atomic E-state index is -1.59. The van der Waals surface area contributed by atoms with Gasteiger partial charge in [0.15, 0.2) is 17.5 Å². The van der Waals surface area contributed by atoms with E-state index in [0.29, 0.717) is 25.1 Å². The summed E-state index contributed by atoms with van der Waals surface area (Å²) in [6.07, 6.45) is 2.33. The van der Waals surface area contributed by atoms with Gasteiger partial charge in [-0.1, -0.05) is 6.92 Å². The Morgan fingerprint density at radius 1 is 1.18 bits per heavy atom. The van der Waals surface area contributed by atoms with Crippen LogP contribution >= 0.6 is 27.0 Å². The topological polar surface area (TPSA) is 91.2 Å². The van der Waals surface area contributed by atoms with E-state index in [1.165, 1.54) is 4.90 Å². The number of amides is 2. The molecule has 7 nitrogen and oxygen atoms in total. The second-order valence-electron chi connectivity index (χ2n) is 7.64. The van der Waals surface area contributed by atoms with Gasteiger partial charge in [0.25, 0.3) is 0 Å². The molecule has 0 saturated carbocycles. The van der Waals surface area contributed by atoms with Crippen LogP contribution < -0.4 is 5.32 Å². The number of ketones is 1. The molecule has 182 valence electrons. The molecule has 0 spiro atoms. The molecule has 3 atom stereocenters. The highest BCUT2D eigenvalue weighted by Crippen LogP contribution is 2.27. The van der Waals surface area contributed by atoms with Gasteiger partial charge in [-0.05, 0) is 43.5 Å². The van der Waals surface area contributed by atoms with Crippen LogP contribution in [0, 0.1) is 23.4 Å². The molecule has 1 saturated heterocycles. The maximum atomic E-state index is 13.4. The summed E-state index contributed by atoms with van der Waals surface area (Å²) in [6, 6.07) is 0.575. The summed E-state index contributed by atoms with van der Waals surface area (Å²) in [4.78, 5) is 39.1. The highest BCUT2D eigenvalue weighted by atomic mass is 32.1. The van der Waals surface area contributed by atoms with E-state index in [4.69, 9.17) is 0 Å². The van der Waals surface area contributed by atoms with Crippen LogP contribution in [0.3, 0.4) is 0 Å². The van der Waals surface area contributed by atoms with E-state index < -0.39 is 47.3 Å². The number of Topliss-reactive ketones (excluding diaryl/α,β-unsaturated/α-hetero) is 1. The maximum absolute atomic E-state index is 13.4. The molecule has 33 heavy (non-hydrogen) atoms. The molecule has 0 aliphatic carbocycles. The molecular formula is C21H27F3N4O3S2. The summed E-state index contributed by atoms with van der Waals surface area (Å²) in [6.45, 7) is 4.13. The van der Waals surface area contributed by atoms with Crippen molar-refractivity contribution >= 4 is 44.6 Å². The first kappa shape index (κ1) is 28.7. The molecule has 0 aromatic heterocycles. The molecule has 2 aliphatic heterocycles. The lowest BCUT2D eigenvalue weighted by molar-refractivity contribution is -0.147. The van der Waals surface area contributed by atoms with E-state index in [0.717, 1.165) is 12.1 Å². The molecule has 0 radical (unpaired) electrons. The first-order valence-corrected chi connectivity index (χ1v) is 10.1. The van der Waals surface area contributed by atoms with Gasteiger partial charge in [0.05, 0.1) is 18.3 Å². The van der Waals surface area contributed by atoms with Crippen molar-refractivity contribution in [2.45, 2.75) is 45.2 Å². The van der Waals surface area contributed by atoms with Crippen molar-refractivity contribution in [1.82, 2.24) is 10.2 Å². The summed E-state index contributed by atoms with van der Waals surface area (Å²) in [5, 5.41) is 10.4. The Labute approximate surface area is 203 Å². The summed E-state index contributed by atoms with van der Waals surface area (Å²) < 4.78 is 39.9. The Balaban J connectivity index is 0.00000272. The fraction of sp³-hybridized carbons (Fsp3) is 0.476. The number of nitrogens with zero attached hydrogens (tertiary/aromatic N) is 3. The van der Waals surface area contributed by atoms with Crippen molar-refractivity contribution in [3.8, 4) is 0 Å². The van der Waals surface area contributed by atoms with E-state index in [9.17, 15) is 27.6 Å². The minimum Gasteiger partial charge on any atom is -0.339 e. The second-order valence-corrected chi connectivity index (χ2v) is 7.64. The number of hydrogen-bond acceptors (Lipinski definition) is 5. The molecule has 0 bridgehead atoms. The molecule has 1 aromatic rings. The highest BCUT2D eigenvalue weighted by molar-refractivity contribution is 7.59. The Bertz CT molecular complexity index is 951. The normalized spacial score (nSPS) is 19.9. The number of carbonyl (C=O) groups is 3. The zero-order valence-corrected chi connectivity index (χ0v) is 20.2. The molecular weight excluding hydrogens is 477 g/mol. The Morgan fingerprint density at radius 3 is 2.36 bits per heavy atom. The van der Waals surface area contributed by atoms with Gasteiger partial charge < -0.3 is 10.2 Å². The van der Waals surface area contributed by atoms with Gasteiger partial charge in [-0.3, -0.25) is 14.4 Å². The summed E-state index contributed by atoms with van der Waals surface area (Å²) in [5.74, 6) is -6.80. The van der Waals surface area contributed by atoms with E-state index in [-0.39, 0.29) is 51.3 Å². The lowest BCUT2D eigenvalue weighted by atomic mass is 9.92. The molecule has 3 rings (SSSR count). The van der Waals surface area contributed by atoms with E-state index >= 15 is 0 Å². The fourth-order valence-electron chi connectivity index (χ4n) is 3.94. The van der Waals surface area contributed by atoms with Gasteiger partial charge in [0.1, 0.15) is 5.78 Å². The van der Waals surface area contributed by atoms with E-state index in [2.05, 4.69) is 15.5 Å². The first-order chi connectivity index (χ1) is 14.7. The number of benzene rings is 1. The van der Waals surface area contributed by atoms with Crippen molar-refractivity contribution in [3.05, 3.63) is 46.9 Å². The first-order valence-electron chi connectivity index (χ1n) is 10.1. The van der Waals surface area contributed by atoms with Gasteiger partial charge in [0.2, 0.25) is 0 Å². The zero-order valence-electron chi connectivity index (χ0n) is 18.2. The van der Waals surface area contributed by atoms with Crippen LogP contribution in [0.2, 0.25) is 0 Å². The number of hydrogen-bond donors (Lipinski definition) is 1. The van der Waals surface area contributed by atoms with Crippen molar-refractivity contribution in [2.24, 2.45) is 16.1 Å². The molecule has 1 aromatic carbocycles. The van der Waals surface area contributed by atoms with Crippen molar-refractivity contribution in [1.29, 1.82) is 0 Å². The van der Waals surface area contributed by atoms with E-state index in [1.807, 2.05) is 6.92 Å². The SMILES string of the molecule is CC[C@@H](NC(=O)C(=O)N1CC[C@H](C(=O)Cc2cc(F)c(F)c(F)c2)[C@@H]1C)C1=CCN=N1.S.S. The maximum Gasteiger partial charge on any atom is 0.312 e. The third-order valence-electron chi connectivity index (χ3n) is 5.68. The fourth-order valence-corrected chi connectivity index (χ4v) is 3.94. The molecule has 2 heterocycles. The van der Waals surface area contributed by atoms with E-state index in [1.54, 1.807) is 13.0 Å². The van der Waals surface area contributed by atoms with Crippen molar-refractivity contribution in [3.63, 3.8) is 0 Å². The van der Waals surface area contributed by atoms with Gasteiger partial charge >= 0.3 is 11.8 Å². The van der Waals surface area contributed by atoms with Gasteiger partial charge in [-0.25, -0.2) is 13.2 Å². The van der Waals surface area contributed by atoms with Crippen LogP contribution in [0.15, 0.2) is 34.1 Å². The van der Waals surface area contributed by atoms with Gasteiger partial charge in [-0.2, -0.15) is 37.2 Å². The lowest BCUT2D eigenvalue weighted by Gasteiger charge is -2.25. The smallest absolute Gasteiger partial charge is 0.312 e. The summed E-state index contributed by atoms with van der Waals surface area (Å²) in [5.41, 5.74) is 0.617. The molecule has 12 heteroatoms. The molecule has 1 fully saturated rings. The summed E-state index contributed by atoms with van der Waals surface area (Å²) in [7, 11) is 0. The quantitative estimate of drug-likeness (QED) is 0.477. The molecule has 2 aliphatic rings. The third kappa shape index (κ3) is 6.38. The minimum absolute atomic E-state index is 0.